The fourth-order valence-corrected chi connectivity index (χ4v) is 8.17. The lowest BCUT2D eigenvalue weighted by molar-refractivity contribution is -0.146. The fraction of sp³-hybridized carbons (Fsp3) is 0.447. The van der Waals surface area contributed by atoms with E-state index in [0.717, 1.165) is 24.3 Å². The fourth-order valence-electron chi connectivity index (χ4n) is 8.17. The van der Waals surface area contributed by atoms with Crippen LogP contribution in [0.1, 0.15) is 46.1 Å². The van der Waals surface area contributed by atoms with Gasteiger partial charge in [0.1, 0.15) is 17.4 Å². The first-order valence-corrected chi connectivity index (χ1v) is 17.0. The number of aliphatic hydroxyl groups is 1. The number of nitrogens with one attached hydrogen (secondary N) is 2. The van der Waals surface area contributed by atoms with Crippen molar-refractivity contribution in [3.63, 3.8) is 0 Å². The van der Waals surface area contributed by atoms with Crippen molar-refractivity contribution in [3.05, 3.63) is 84.4 Å². The molecule has 10 heteroatoms. The summed E-state index contributed by atoms with van der Waals surface area (Å²) in [6.07, 6.45) is 1.29. The maximum absolute atomic E-state index is 14.7. The van der Waals surface area contributed by atoms with E-state index in [9.17, 15) is 19.5 Å². The summed E-state index contributed by atoms with van der Waals surface area (Å²) < 4.78 is 12.3. The van der Waals surface area contributed by atoms with Crippen LogP contribution in [0.15, 0.2) is 78.9 Å². The number of fused-ring (bicyclic) bond motifs is 1. The number of nitrogens with zero attached hydrogens (tertiary/aromatic N) is 2. The van der Waals surface area contributed by atoms with Gasteiger partial charge in [-0.2, -0.15) is 0 Å². The maximum atomic E-state index is 14.7. The lowest BCUT2D eigenvalue weighted by Gasteiger charge is -2.37. The Hall–Kier alpha value is -4.41. The first kappa shape index (κ1) is 33.5. The van der Waals surface area contributed by atoms with Crippen molar-refractivity contribution in [2.45, 2.75) is 70.2 Å². The van der Waals surface area contributed by atoms with Crippen LogP contribution in [0.5, 0.6) is 5.75 Å². The van der Waals surface area contributed by atoms with Crippen LogP contribution in [0.2, 0.25) is 0 Å². The highest BCUT2D eigenvalue weighted by Gasteiger charge is 2.78. The van der Waals surface area contributed by atoms with Gasteiger partial charge in [0.2, 0.25) is 17.7 Å². The molecule has 3 heterocycles. The van der Waals surface area contributed by atoms with Gasteiger partial charge in [-0.3, -0.25) is 14.4 Å². The molecule has 0 saturated carbocycles. The minimum absolute atomic E-state index is 0.335. The van der Waals surface area contributed by atoms with Crippen LogP contribution in [0.3, 0.4) is 0 Å². The predicted molar refractivity (Wildman–Crippen MR) is 185 cm³/mol. The molecule has 3 saturated heterocycles. The summed E-state index contributed by atoms with van der Waals surface area (Å²) >= 11 is 0. The molecule has 0 radical (unpaired) electrons. The number of likely N-dealkylation sites (tertiary alicyclic amines) is 1. The standard InChI is InChI=1S/C38H46N4O6/c1-5-41(6-2)28-17-13-26(14-18-28)40-35(45)33-38-22-21-37(4,48-38)31(34(44)39-27-15-19-30(20-16-27)47-7-3)32(38)36(46)42(33)29(24-43)23-25-11-9-8-10-12-25/h8-20,29,31-33,43H,5-7,21-24H2,1-4H3,(H,39,44)(H,40,45)/t29-,31-,32+,33?,37+,38?/m1/s1. The Morgan fingerprint density at radius 3 is 2.17 bits per heavy atom. The molecule has 3 N–H and O–H groups in total. The molecule has 3 aliphatic heterocycles. The molecular formula is C38H46N4O6. The molecule has 254 valence electrons. The van der Waals surface area contributed by atoms with E-state index in [2.05, 4.69) is 29.4 Å². The number of ether oxygens (including phenoxy) is 2. The highest BCUT2D eigenvalue weighted by molar-refractivity contribution is 6.05. The molecule has 3 aliphatic rings. The molecule has 3 fully saturated rings. The summed E-state index contributed by atoms with van der Waals surface area (Å²) in [5.74, 6) is -2.13. The van der Waals surface area contributed by atoms with Crippen LogP contribution >= 0.6 is 0 Å². The van der Waals surface area contributed by atoms with Crippen LogP contribution in [-0.4, -0.2) is 77.3 Å². The van der Waals surface area contributed by atoms with Gasteiger partial charge in [0.15, 0.2) is 0 Å². The van der Waals surface area contributed by atoms with Gasteiger partial charge in [0.25, 0.3) is 0 Å². The average molecular weight is 655 g/mol. The number of hydrogen-bond donors (Lipinski definition) is 3. The molecule has 0 aliphatic carbocycles. The second-order valence-electron chi connectivity index (χ2n) is 13.2. The minimum Gasteiger partial charge on any atom is -0.494 e. The molecule has 3 amide bonds. The van der Waals surface area contributed by atoms with Gasteiger partial charge in [-0.25, -0.2) is 0 Å². The molecule has 10 nitrogen and oxygen atoms in total. The second kappa shape index (κ2) is 13.6. The van der Waals surface area contributed by atoms with E-state index in [4.69, 9.17) is 9.47 Å². The Balaban J connectivity index is 1.34. The summed E-state index contributed by atoms with van der Waals surface area (Å²) in [5, 5.41) is 16.8. The van der Waals surface area contributed by atoms with Crippen LogP contribution < -0.4 is 20.3 Å². The summed E-state index contributed by atoms with van der Waals surface area (Å²) in [6, 6.07) is 22.6. The van der Waals surface area contributed by atoms with Crippen molar-refractivity contribution in [1.82, 2.24) is 4.90 Å². The molecule has 6 rings (SSSR count). The van der Waals surface area contributed by atoms with E-state index in [1.165, 1.54) is 4.90 Å². The quantitative estimate of drug-likeness (QED) is 0.240. The van der Waals surface area contributed by atoms with Crippen molar-refractivity contribution in [3.8, 4) is 5.75 Å². The van der Waals surface area contributed by atoms with Crippen LogP contribution in [0.25, 0.3) is 0 Å². The summed E-state index contributed by atoms with van der Waals surface area (Å²) in [7, 11) is 0. The third kappa shape index (κ3) is 5.92. The average Bonchev–Trinajstić information content (AvgIpc) is 3.67. The van der Waals surface area contributed by atoms with Crippen LogP contribution in [0.4, 0.5) is 17.1 Å². The van der Waals surface area contributed by atoms with Gasteiger partial charge in [-0.1, -0.05) is 30.3 Å². The monoisotopic (exact) mass is 654 g/mol. The number of hydrogen-bond acceptors (Lipinski definition) is 7. The molecule has 6 atom stereocenters. The number of anilines is 3. The highest BCUT2D eigenvalue weighted by atomic mass is 16.5. The van der Waals surface area contributed by atoms with Gasteiger partial charge in [-0.15, -0.1) is 0 Å². The Morgan fingerprint density at radius 2 is 1.56 bits per heavy atom. The van der Waals surface area contributed by atoms with E-state index in [1.807, 2.05) is 68.4 Å². The Labute approximate surface area is 282 Å². The van der Waals surface area contributed by atoms with E-state index in [1.54, 1.807) is 24.3 Å². The molecule has 3 aromatic rings. The minimum atomic E-state index is -1.23. The van der Waals surface area contributed by atoms with Gasteiger partial charge < -0.3 is 35.0 Å². The summed E-state index contributed by atoms with van der Waals surface area (Å²) in [6.45, 7) is 9.85. The molecule has 0 aromatic heterocycles. The van der Waals surface area contributed by atoms with Crippen molar-refractivity contribution in [2.24, 2.45) is 11.8 Å². The van der Waals surface area contributed by atoms with Gasteiger partial charge in [0.05, 0.1) is 36.7 Å². The highest BCUT2D eigenvalue weighted by Crippen LogP contribution is 2.63. The van der Waals surface area contributed by atoms with E-state index >= 15 is 0 Å². The van der Waals surface area contributed by atoms with E-state index < -0.39 is 41.0 Å². The van der Waals surface area contributed by atoms with Crippen molar-refractivity contribution < 1.29 is 29.0 Å². The zero-order valence-electron chi connectivity index (χ0n) is 28.1. The SMILES string of the molecule is CCOc1ccc(NC(=O)[C@H]2[C@H]3C(=O)N([C@@H](CO)Cc4ccccc4)C(C(=O)Nc4ccc(N(CC)CC)cc4)C34CC[C@]2(C)O4)cc1. The lowest BCUT2D eigenvalue weighted by Crippen LogP contribution is -2.57. The van der Waals surface area contributed by atoms with Crippen LogP contribution in [-0.2, 0) is 25.5 Å². The van der Waals surface area contributed by atoms with Crippen molar-refractivity contribution >= 4 is 34.8 Å². The van der Waals surface area contributed by atoms with E-state index in [-0.39, 0.29) is 18.4 Å². The smallest absolute Gasteiger partial charge is 0.250 e. The molecule has 3 aromatic carbocycles. The molecular weight excluding hydrogens is 608 g/mol. The normalized spacial score (nSPS) is 26.2. The van der Waals surface area contributed by atoms with E-state index in [0.29, 0.717) is 43.0 Å². The zero-order chi connectivity index (χ0) is 34.1. The molecule has 48 heavy (non-hydrogen) atoms. The number of benzene rings is 3. The Bertz CT molecular complexity index is 1610. The number of amides is 3. The largest absolute Gasteiger partial charge is 0.494 e. The number of aliphatic hydroxyl groups excluding tert-OH is 1. The molecule has 1 spiro atoms. The summed E-state index contributed by atoms with van der Waals surface area (Å²) in [5.41, 5.74) is 0.958. The number of rotatable bonds is 13. The van der Waals surface area contributed by atoms with Gasteiger partial charge in [0, 0.05) is 30.2 Å². The number of carbonyl (C=O) groups excluding carboxylic acids is 3. The molecule has 2 bridgehead atoms. The first-order chi connectivity index (χ1) is 23.2. The topological polar surface area (TPSA) is 120 Å². The zero-order valence-corrected chi connectivity index (χ0v) is 28.1. The Kier molecular flexibility index (Phi) is 9.49. The second-order valence-corrected chi connectivity index (χ2v) is 13.2. The molecule has 2 unspecified atom stereocenters. The third-order valence-corrected chi connectivity index (χ3v) is 10.4. The lowest BCUT2D eigenvalue weighted by atomic mass is 9.66. The van der Waals surface area contributed by atoms with Gasteiger partial charge >= 0.3 is 0 Å². The maximum Gasteiger partial charge on any atom is 0.250 e. The Morgan fingerprint density at radius 1 is 0.938 bits per heavy atom. The van der Waals surface area contributed by atoms with Crippen molar-refractivity contribution in [1.29, 1.82) is 0 Å². The van der Waals surface area contributed by atoms with Crippen LogP contribution in [0, 0.1) is 11.8 Å². The van der Waals surface area contributed by atoms with Gasteiger partial charge in [-0.05, 0) is 101 Å². The van der Waals surface area contributed by atoms with Crippen molar-refractivity contribution in [2.75, 3.05) is 41.8 Å². The predicted octanol–water partition coefficient (Wildman–Crippen LogP) is 4.88. The first-order valence-electron chi connectivity index (χ1n) is 17.0. The number of carbonyl (C=O) groups is 3. The summed E-state index contributed by atoms with van der Waals surface area (Å²) in [4.78, 5) is 47.0. The third-order valence-electron chi connectivity index (χ3n) is 10.4.